The molecular formula is C15H15N5OS. The number of thioether (sulfide) groups is 1. The number of anilines is 1. The van der Waals surface area contributed by atoms with Gasteiger partial charge < -0.3 is 5.32 Å². The van der Waals surface area contributed by atoms with Gasteiger partial charge in [-0.2, -0.15) is 5.10 Å². The molecule has 2 N–H and O–H groups in total. The van der Waals surface area contributed by atoms with Crippen molar-refractivity contribution in [3.8, 4) is 0 Å². The molecule has 3 aromatic rings. The van der Waals surface area contributed by atoms with Crippen LogP contribution in [0.4, 0.5) is 5.69 Å². The zero-order valence-electron chi connectivity index (χ0n) is 12.0. The van der Waals surface area contributed by atoms with Crippen LogP contribution in [0.25, 0.3) is 11.0 Å². The van der Waals surface area contributed by atoms with E-state index >= 15 is 0 Å². The first-order valence-electron chi connectivity index (χ1n) is 6.80. The third-order valence-electron chi connectivity index (χ3n) is 3.09. The average molecular weight is 313 g/mol. The Hall–Kier alpha value is -2.41. The molecule has 3 rings (SSSR count). The quantitative estimate of drug-likeness (QED) is 0.756. The van der Waals surface area contributed by atoms with Crippen LogP contribution in [0.5, 0.6) is 0 Å². The largest absolute Gasteiger partial charge is 0.324 e. The van der Waals surface area contributed by atoms with Crippen molar-refractivity contribution in [3.63, 3.8) is 0 Å². The predicted molar refractivity (Wildman–Crippen MR) is 87.7 cm³/mol. The lowest BCUT2D eigenvalue weighted by Gasteiger charge is -2.05. The van der Waals surface area contributed by atoms with Gasteiger partial charge in [-0.1, -0.05) is 6.07 Å². The highest BCUT2D eigenvalue weighted by Crippen LogP contribution is 2.18. The molecule has 3 aromatic heterocycles. The molecule has 3 heterocycles. The van der Waals surface area contributed by atoms with E-state index in [1.165, 1.54) is 11.8 Å². The number of aryl methyl sites for hydroxylation is 1. The highest BCUT2D eigenvalue weighted by atomic mass is 32.2. The first-order chi connectivity index (χ1) is 10.7. The zero-order chi connectivity index (χ0) is 15.4. The number of rotatable bonds is 5. The molecule has 6 nitrogen and oxygen atoms in total. The Morgan fingerprint density at radius 1 is 1.36 bits per heavy atom. The van der Waals surface area contributed by atoms with Gasteiger partial charge in [-0.3, -0.25) is 14.9 Å². The normalized spacial score (nSPS) is 10.8. The minimum Gasteiger partial charge on any atom is -0.324 e. The lowest BCUT2D eigenvalue weighted by molar-refractivity contribution is -0.113. The number of aromatic amines is 1. The third-order valence-corrected chi connectivity index (χ3v) is 4.06. The van der Waals surface area contributed by atoms with Gasteiger partial charge >= 0.3 is 0 Å². The number of hydrogen-bond donors (Lipinski definition) is 2. The summed E-state index contributed by atoms with van der Waals surface area (Å²) in [5.74, 6) is 1.04. The fourth-order valence-corrected chi connectivity index (χ4v) is 2.76. The van der Waals surface area contributed by atoms with Gasteiger partial charge in [0.15, 0.2) is 5.65 Å². The number of pyridine rings is 2. The number of hydrogen-bond acceptors (Lipinski definition) is 5. The van der Waals surface area contributed by atoms with Crippen LogP contribution in [0.2, 0.25) is 0 Å². The number of amides is 1. The molecule has 112 valence electrons. The van der Waals surface area contributed by atoms with E-state index in [-0.39, 0.29) is 5.91 Å². The van der Waals surface area contributed by atoms with Gasteiger partial charge in [0.2, 0.25) is 5.91 Å². The molecule has 0 radical (unpaired) electrons. The molecule has 0 aromatic carbocycles. The van der Waals surface area contributed by atoms with Crippen LogP contribution < -0.4 is 5.32 Å². The van der Waals surface area contributed by atoms with E-state index in [9.17, 15) is 4.79 Å². The van der Waals surface area contributed by atoms with Crippen LogP contribution in [0, 0.1) is 6.92 Å². The predicted octanol–water partition coefficient (Wildman–Crippen LogP) is 2.53. The molecular weight excluding hydrogens is 298 g/mol. The highest BCUT2D eigenvalue weighted by Gasteiger charge is 2.07. The fourth-order valence-electron chi connectivity index (χ4n) is 2.02. The Balaban J connectivity index is 1.55. The first-order valence-corrected chi connectivity index (χ1v) is 7.96. The molecule has 0 spiro atoms. The van der Waals surface area contributed by atoms with Crippen LogP contribution in [0.1, 0.15) is 11.4 Å². The molecule has 0 fully saturated rings. The number of fused-ring (bicyclic) bond motifs is 1. The summed E-state index contributed by atoms with van der Waals surface area (Å²) in [7, 11) is 0. The average Bonchev–Trinajstić information content (AvgIpc) is 2.89. The highest BCUT2D eigenvalue weighted by molar-refractivity contribution is 7.99. The molecule has 1 amide bonds. The Labute approximate surface area is 131 Å². The molecule has 0 aliphatic rings. The van der Waals surface area contributed by atoms with Crippen molar-refractivity contribution in [1.29, 1.82) is 0 Å². The summed E-state index contributed by atoms with van der Waals surface area (Å²) >= 11 is 1.53. The van der Waals surface area contributed by atoms with E-state index in [1.807, 2.05) is 31.2 Å². The van der Waals surface area contributed by atoms with Crippen molar-refractivity contribution in [2.75, 3.05) is 11.1 Å². The summed E-state index contributed by atoms with van der Waals surface area (Å²) < 4.78 is 0. The maximum absolute atomic E-state index is 12.0. The lowest BCUT2D eigenvalue weighted by atomic mass is 10.2. The van der Waals surface area contributed by atoms with E-state index in [1.54, 1.807) is 12.4 Å². The summed E-state index contributed by atoms with van der Waals surface area (Å²) in [5, 5.41) is 10.7. The molecule has 0 bridgehead atoms. The van der Waals surface area contributed by atoms with Crippen molar-refractivity contribution < 1.29 is 4.79 Å². The second-order valence-electron chi connectivity index (χ2n) is 4.81. The third kappa shape index (κ3) is 3.43. The Bertz CT molecular complexity index is 787. The Kier molecular flexibility index (Phi) is 4.34. The number of H-pyrrole nitrogens is 1. The second-order valence-corrected chi connectivity index (χ2v) is 5.79. The first kappa shape index (κ1) is 14.5. The number of carbonyl (C=O) groups excluding carboxylic acids is 1. The van der Waals surface area contributed by atoms with Crippen molar-refractivity contribution in [2.45, 2.75) is 12.7 Å². The topological polar surface area (TPSA) is 83.6 Å². The van der Waals surface area contributed by atoms with E-state index in [0.29, 0.717) is 22.8 Å². The summed E-state index contributed by atoms with van der Waals surface area (Å²) in [6, 6.07) is 7.64. The SMILES string of the molecule is Cc1[nH]nc2ncc(NC(=O)CSCc3ccccn3)cc12. The molecule has 0 aliphatic carbocycles. The van der Waals surface area contributed by atoms with Crippen molar-refractivity contribution >= 4 is 34.4 Å². The minimum atomic E-state index is -0.0526. The van der Waals surface area contributed by atoms with E-state index in [0.717, 1.165) is 16.8 Å². The second kappa shape index (κ2) is 6.57. The summed E-state index contributed by atoms with van der Waals surface area (Å²) in [5.41, 5.74) is 3.24. The number of carbonyl (C=O) groups is 1. The maximum Gasteiger partial charge on any atom is 0.234 e. The van der Waals surface area contributed by atoms with E-state index in [4.69, 9.17) is 0 Å². The molecule has 0 aliphatic heterocycles. The standard InChI is InChI=1S/C15H15N5OS/c1-10-13-6-12(7-17-15(13)20-19-10)18-14(21)9-22-8-11-4-2-3-5-16-11/h2-7H,8-9H2,1H3,(H,18,21)(H,17,19,20). The molecule has 0 saturated carbocycles. The summed E-state index contributed by atoms with van der Waals surface area (Å²) in [4.78, 5) is 20.4. The smallest absolute Gasteiger partial charge is 0.234 e. The van der Waals surface area contributed by atoms with Gasteiger partial charge in [-0.25, -0.2) is 4.98 Å². The van der Waals surface area contributed by atoms with Crippen LogP contribution in [0.15, 0.2) is 36.7 Å². The summed E-state index contributed by atoms with van der Waals surface area (Å²) in [6.07, 6.45) is 3.37. The van der Waals surface area contributed by atoms with Gasteiger partial charge in [0, 0.05) is 23.0 Å². The zero-order valence-corrected chi connectivity index (χ0v) is 12.9. The summed E-state index contributed by atoms with van der Waals surface area (Å²) in [6.45, 7) is 1.92. The van der Waals surface area contributed by atoms with Gasteiger partial charge in [-0.05, 0) is 25.1 Å². The maximum atomic E-state index is 12.0. The van der Waals surface area contributed by atoms with Crippen LogP contribution in [0.3, 0.4) is 0 Å². The van der Waals surface area contributed by atoms with E-state index in [2.05, 4.69) is 25.5 Å². The van der Waals surface area contributed by atoms with Crippen LogP contribution in [-0.2, 0) is 10.5 Å². The van der Waals surface area contributed by atoms with Gasteiger partial charge in [0.1, 0.15) is 0 Å². The molecule has 0 unspecified atom stereocenters. The van der Waals surface area contributed by atoms with Crippen LogP contribution >= 0.6 is 11.8 Å². The lowest BCUT2D eigenvalue weighted by Crippen LogP contribution is -2.14. The Morgan fingerprint density at radius 2 is 2.27 bits per heavy atom. The Morgan fingerprint density at radius 3 is 3.09 bits per heavy atom. The van der Waals surface area contributed by atoms with Gasteiger partial charge in [0.25, 0.3) is 0 Å². The minimum absolute atomic E-state index is 0.0526. The monoisotopic (exact) mass is 313 g/mol. The number of nitrogens with one attached hydrogen (secondary N) is 2. The van der Waals surface area contributed by atoms with Crippen LogP contribution in [-0.4, -0.2) is 31.8 Å². The van der Waals surface area contributed by atoms with Crippen molar-refractivity contribution in [3.05, 3.63) is 48.0 Å². The van der Waals surface area contributed by atoms with Gasteiger partial charge in [-0.15, -0.1) is 11.8 Å². The molecule has 7 heteroatoms. The molecule has 22 heavy (non-hydrogen) atoms. The van der Waals surface area contributed by atoms with Crippen molar-refractivity contribution in [1.82, 2.24) is 20.2 Å². The molecule has 0 atom stereocenters. The fraction of sp³-hybridized carbons (Fsp3) is 0.200. The molecule has 0 saturated heterocycles. The van der Waals surface area contributed by atoms with Crippen molar-refractivity contribution in [2.24, 2.45) is 0 Å². The van der Waals surface area contributed by atoms with Gasteiger partial charge in [0.05, 0.1) is 23.3 Å². The number of aromatic nitrogens is 4. The van der Waals surface area contributed by atoms with E-state index < -0.39 is 0 Å². The number of nitrogens with zero attached hydrogens (tertiary/aromatic N) is 3.